The van der Waals surface area contributed by atoms with E-state index >= 15 is 0 Å². The highest BCUT2D eigenvalue weighted by Gasteiger charge is 2.28. The summed E-state index contributed by atoms with van der Waals surface area (Å²) in [7, 11) is 0. The van der Waals surface area contributed by atoms with Crippen molar-refractivity contribution >= 4 is 34.5 Å². The fraction of sp³-hybridized carbons (Fsp3) is 0.667. The quantitative estimate of drug-likeness (QED) is 0.721. The van der Waals surface area contributed by atoms with E-state index in [1.54, 1.807) is 4.90 Å². The molecule has 2 aliphatic rings. The molecule has 4 heterocycles. The van der Waals surface area contributed by atoms with Crippen molar-refractivity contribution < 1.29 is 14.3 Å². The first kappa shape index (κ1) is 19.2. The molecule has 10 heteroatoms. The summed E-state index contributed by atoms with van der Waals surface area (Å²) in [5, 5.41) is 5.71. The van der Waals surface area contributed by atoms with Crippen molar-refractivity contribution in [3.05, 3.63) is 11.5 Å². The van der Waals surface area contributed by atoms with E-state index < -0.39 is 0 Å². The molecule has 1 amide bonds. The van der Waals surface area contributed by atoms with E-state index in [4.69, 9.17) is 21.1 Å². The summed E-state index contributed by atoms with van der Waals surface area (Å²) < 4.78 is 12.7. The minimum Gasteiger partial charge on any atom is -0.447 e. The summed E-state index contributed by atoms with van der Waals surface area (Å²) in [6, 6.07) is 0.157. The van der Waals surface area contributed by atoms with Crippen LogP contribution in [0, 0.1) is 0 Å². The van der Waals surface area contributed by atoms with Gasteiger partial charge in [-0.1, -0.05) is 0 Å². The summed E-state index contributed by atoms with van der Waals surface area (Å²) in [4.78, 5) is 24.9. The van der Waals surface area contributed by atoms with E-state index in [0.717, 1.165) is 42.8 Å². The van der Waals surface area contributed by atoms with E-state index in [0.29, 0.717) is 26.3 Å². The first-order valence-corrected chi connectivity index (χ1v) is 10.1. The van der Waals surface area contributed by atoms with Crippen LogP contribution in [0.4, 0.5) is 10.6 Å². The Kier molecular flexibility index (Phi) is 5.54. The van der Waals surface area contributed by atoms with Gasteiger partial charge in [0.15, 0.2) is 5.65 Å². The number of carbonyl (C=O) groups excluding carboxylic acids is 1. The lowest BCUT2D eigenvalue weighted by atomic mass is 10.1. The number of carbonyl (C=O) groups is 1. The molecule has 2 aromatic heterocycles. The van der Waals surface area contributed by atoms with E-state index in [1.807, 2.05) is 24.7 Å². The lowest BCUT2D eigenvalue weighted by Crippen LogP contribution is -2.40. The number of halogens is 1. The molecule has 0 aromatic carbocycles. The molecule has 0 radical (unpaired) electrons. The maximum atomic E-state index is 12.1. The Hall–Kier alpha value is -2.13. The number of morpholine rings is 1. The molecule has 0 atom stereocenters. The van der Waals surface area contributed by atoms with Crippen LogP contribution in [0.15, 0.2) is 6.20 Å². The van der Waals surface area contributed by atoms with E-state index in [1.165, 1.54) is 0 Å². The number of anilines is 1. The molecule has 4 rings (SSSR count). The fourth-order valence-corrected chi connectivity index (χ4v) is 3.90. The van der Waals surface area contributed by atoms with Gasteiger partial charge in [-0.2, -0.15) is 15.1 Å². The van der Waals surface area contributed by atoms with Crippen molar-refractivity contribution in [3.8, 4) is 0 Å². The van der Waals surface area contributed by atoms with Gasteiger partial charge in [-0.25, -0.2) is 9.48 Å². The lowest BCUT2D eigenvalue weighted by molar-refractivity contribution is 0.0656. The molecule has 9 nitrogen and oxygen atoms in total. The number of hydrogen-bond donors (Lipinski definition) is 0. The predicted octanol–water partition coefficient (Wildman–Crippen LogP) is 2.50. The number of likely N-dealkylation sites (tertiary alicyclic amines) is 1. The standard InChI is InChI=1S/C18H25ClN6O3/c1-12(2)28-18(26)24-5-3-13(4-6-24)25-16-14(11-20-25)15(21-17(19)22-16)23-7-9-27-10-8-23/h11-13H,3-10H2,1-2H3. The predicted molar refractivity (Wildman–Crippen MR) is 105 cm³/mol. The number of nitrogens with zero attached hydrogens (tertiary/aromatic N) is 6. The molecule has 0 aliphatic carbocycles. The van der Waals surface area contributed by atoms with Gasteiger partial charge in [-0.3, -0.25) is 0 Å². The van der Waals surface area contributed by atoms with Gasteiger partial charge >= 0.3 is 6.09 Å². The highest BCUT2D eigenvalue weighted by Crippen LogP contribution is 2.30. The SMILES string of the molecule is CC(C)OC(=O)N1CCC(n2ncc3c(N4CCOCC4)nc(Cl)nc32)CC1. The van der Waals surface area contributed by atoms with Crippen molar-refractivity contribution in [2.75, 3.05) is 44.3 Å². The summed E-state index contributed by atoms with van der Waals surface area (Å²) in [5.74, 6) is 0.808. The van der Waals surface area contributed by atoms with Crippen molar-refractivity contribution in [2.45, 2.75) is 38.8 Å². The normalized spacial score (nSPS) is 18.9. The topological polar surface area (TPSA) is 85.6 Å². The summed E-state index contributed by atoms with van der Waals surface area (Å²) >= 11 is 6.23. The Balaban J connectivity index is 1.54. The zero-order valence-electron chi connectivity index (χ0n) is 16.2. The van der Waals surface area contributed by atoms with Crippen LogP contribution >= 0.6 is 11.6 Å². The molecule has 2 saturated heterocycles. The summed E-state index contributed by atoms with van der Waals surface area (Å²) in [6.45, 7) is 7.85. The van der Waals surface area contributed by atoms with Crippen LogP contribution in [-0.4, -0.2) is 76.2 Å². The van der Waals surface area contributed by atoms with Gasteiger partial charge in [-0.05, 0) is 38.3 Å². The van der Waals surface area contributed by atoms with Crippen LogP contribution in [-0.2, 0) is 9.47 Å². The first-order valence-electron chi connectivity index (χ1n) is 9.72. The number of hydrogen-bond acceptors (Lipinski definition) is 7. The minimum atomic E-state index is -0.251. The third kappa shape index (κ3) is 3.86. The summed E-state index contributed by atoms with van der Waals surface area (Å²) in [6.07, 6.45) is 3.03. The maximum absolute atomic E-state index is 12.1. The maximum Gasteiger partial charge on any atom is 0.410 e. The third-order valence-corrected chi connectivity index (χ3v) is 5.29. The molecule has 152 valence electrons. The molecule has 0 bridgehead atoms. The lowest BCUT2D eigenvalue weighted by Gasteiger charge is -2.32. The number of piperidine rings is 1. The number of amides is 1. The van der Waals surface area contributed by atoms with Gasteiger partial charge in [0.1, 0.15) is 5.82 Å². The van der Waals surface area contributed by atoms with Gasteiger partial charge in [0.05, 0.1) is 36.9 Å². The second-order valence-electron chi connectivity index (χ2n) is 7.39. The third-order valence-electron chi connectivity index (χ3n) is 5.12. The Morgan fingerprint density at radius 3 is 2.61 bits per heavy atom. The van der Waals surface area contributed by atoms with Crippen LogP contribution in [0.1, 0.15) is 32.7 Å². The number of rotatable bonds is 3. The Labute approximate surface area is 168 Å². The molecular formula is C18H25ClN6O3. The van der Waals surface area contributed by atoms with E-state index in [9.17, 15) is 4.79 Å². The van der Waals surface area contributed by atoms with Gasteiger partial charge in [0, 0.05) is 26.2 Å². The molecule has 0 unspecified atom stereocenters. The van der Waals surface area contributed by atoms with E-state index in [-0.39, 0.29) is 23.5 Å². The Morgan fingerprint density at radius 1 is 1.21 bits per heavy atom. The average molecular weight is 409 g/mol. The van der Waals surface area contributed by atoms with Gasteiger partial charge in [0.2, 0.25) is 5.28 Å². The molecular weight excluding hydrogens is 384 g/mol. The van der Waals surface area contributed by atoms with E-state index in [2.05, 4.69) is 20.0 Å². The number of aromatic nitrogens is 4. The van der Waals surface area contributed by atoms with Gasteiger partial charge < -0.3 is 19.3 Å². The van der Waals surface area contributed by atoms with Crippen LogP contribution in [0.3, 0.4) is 0 Å². The average Bonchev–Trinajstić information content (AvgIpc) is 3.11. The molecule has 0 spiro atoms. The molecule has 2 fully saturated rings. The molecule has 0 N–H and O–H groups in total. The van der Waals surface area contributed by atoms with Gasteiger partial charge in [0.25, 0.3) is 0 Å². The zero-order valence-corrected chi connectivity index (χ0v) is 16.9. The van der Waals surface area contributed by atoms with Crippen molar-refractivity contribution in [1.82, 2.24) is 24.6 Å². The van der Waals surface area contributed by atoms with Crippen molar-refractivity contribution in [1.29, 1.82) is 0 Å². The molecule has 2 aromatic rings. The van der Waals surface area contributed by atoms with Gasteiger partial charge in [-0.15, -0.1) is 0 Å². The molecule has 28 heavy (non-hydrogen) atoms. The van der Waals surface area contributed by atoms with Crippen LogP contribution < -0.4 is 4.90 Å². The fourth-order valence-electron chi connectivity index (χ4n) is 3.74. The monoisotopic (exact) mass is 408 g/mol. The second-order valence-corrected chi connectivity index (χ2v) is 7.73. The molecule has 2 aliphatic heterocycles. The van der Waals surface area contributed by atoms with Crippen molar-refractivity contribution in [3.63, 3.8) is 0 Å². The van der Waals surface area contributed by atoms with Crippen LogP contribution in [0.2, 0.25) is 5.28 Å². The largest absolute Gasteiger partial charge is 0.447 e. The highest BCUT2D eigenvalue weighted by molar-refractivity contribution is 6.28. The van der Waals surface area contributed by atoms with Crippen molar-refractivity contribution in [2.24, 2.45) is 0 Å². The second kappa shape index (κ2) is 8.08. The zero-order chi connectivity index (χ0) is 19.7. The molecule has 0 saturated carbocycles. The minimum absolute atomic E-state index is 0.113. The Morgan fingerprint density at radius 2 is 1.93 bits per heavy atom. The Bertz CT molecular complexity index is 843. The highest BCUT2D eigenvalue weighted by atomic mass is 35.5. The smallest absolute Gasteiger partial charge is 0.410 e. The summed E-state index contributed by atoms with van der Waals surface area (Å²) in [5.41, 5.74) is 0.740. The first-order chi connectivity index (χ1) is 13.5. The number of ether oxygens (including phenoxy) is 2. The number of fused-ring (bicyclic) bond motifs is 1. The van der Waals surface area contributed by atoms with Crippen LogP contribution in [0.5, 0.6) is 0 Å². The van der Waals surface area contributed by atoms with Crippen LogP contribution in [0.25, 0.3) is 11.0 Å².